The normalized spacial score (nSPS) is 19.4. The Morgan fingerprint density at radius 1 is 1.30 bits per heavy atom. The lowest BCUT2D eigenvalue weighted by Gasteiger charge is -2.31. The van der Waals surface area contributed by atoms with Crippen LogP contribution in [0, 0.1) is 12.8 Å². The van der Waals surface area contributed by atoms with Gasteiger partial charge in [0.1, 0.15) is 12.4 Å². The summed E-state index contributed by atoms with van der Waals surface area (Å²) < 4.78 is 5.65. The Kier molecular flexibility index (Phi) is 3.95. The molecule has 1 aliphatic heterocycles. The molecule has 108 valence electrons. The number of hydrogen-bond donors (Lipinski definition) is 0. The molecule has 1 amide bonds. The molecule has 0 aromatic heterocycles. The summed E-state index contributed by atoms with van der Waals surface area (Å²) in [4.78, 5) is 14.5. The van der Waals surface area contributed by atoms with E-state index in [2.05, 4.69) is 13.0 Å². The molecular weight excluding hydrogens is 250 g/mol. The molecule has 3 heteroatoms. The van der Waals surface area contributed by atoms with Crippen LogP contribution in [0.4, 0.5) is 5.69 Å². The summed E-state index contributed by atoms with van der Waals surface area (Å²) in [5.41, 5.74) is 2.13. The van der Waals surface area contributed by atoms with E-state index in [4.69, 9.17) is 4.74 Å². The average Bonchev–Trinajstić information content (AvgIpc) is 2.47. The van der Waals surface area contributed by atoms with Crippen molar-refractivity contribution >= 4 is 11.6 Å². The summed E-state index contributed by atoms with van der Waals surface area (Å²) in [7, 11) is 0. The highest BCUT2D eigenvalue weighted by Gasteiger charge is 2.26. The first kappa shape index (κ1) is 13.5. The monoisotopic (exact) mass is 273 g/mol. The number of ether oxygens (including phenoxy) is 1. The summed E-state index contributed by atoms with van der Waals surface area (Å²) in [6.07, 6.45) is 7.05. The van der Waals surface area contributed by atoms with Gasteiger partial charge in [-0.1, -0.05) is 25.3 Å². The van der Waals surface area contributed by atoms with Crippen LogP contribution < -0.4 is 9.64 Å². The largest absolute Gasteiger partial charge is 0.490 e. The number of rotatable bonds is 2. The van der Waals surface area contributed by atoms with Gasteiger partial charge in [0.15, 0.2) is 0 Å². The third-order valence-electron chi connectivity index (χ3n) is 4.47. The van der Waals surface area contributed by atoms with Crippen molar-refractivity contribution in [3.8, 4) is 5.75 Å². The summed E-state index contributed by atoms with van der Waals surface area (Å²) in [6, 6.07) is 6.08. The lowest BCUT2D eigenvalue weighted by Crippen LogP contribution is -2.39. The minimum absolute atomic E-state index is 0.270. The van der Waals surface area contributed by atoms with Crippen molar-refractivity contribution in [3.63, 3.8) is 0 Å². The molecule has 0 unspecified atom stereocenters. The summed E-state index contributed by atoms with van der Waals surface area (Å²) >= 11 is 0. The Balaban J connectivity index is 1.74. The van der Waals surface area contributed by atoms with E-state index < -0.39 is 0 Å². The van der Waals surface area contributed by atoms with Crippen LogP contribution >= 0.6 is 0 Å². The highest BCUT2D eigenvalue weighted by Crippen LogP contribution is 2.34. The lowest BCUT2D eigenvalue weighted by atomic mass is 9.86. The molecule has 1 aromatic rings. The van der Waals surface area contributed by atoms with Gasteiger partial charge in [-0.05, 0) is 43.4 Å². The second kappa shape index (κ2) is 5.86. The van der Waals surface area contributed by atoms with Gasteiger partial charge in [-0.25, -0.2) is 0 Å². The SMILES string of the molecule is Cc1ccc2c(c1)N(C(=O)CC1CCCCC1)CCO2. The molecule has 2 aliphatic rings. The third-order valence-corrected chi connectivity index (χ3v) is 4.47. The molecule has 3 rings (SSSR count). The van der Waals surface area contributed by atoms with E-state index in [0.29, 0.717) is 25.5 Å². The van der Waals surface area contributed by atoms with Gasteiger partial charge in [0.25, 0.3) is 0 Å². The van der Waals surface area contributed by atoms with Crippen molar-refractivity contribution in [2.75, 3.05) is 18.1 Å². The van der Waals surface area contributed by atoms with Gasteiger partial charge in [0, 0.05) is 6.42 Å². The van der Waals surface area contributed by atoms with Gasteiger partial charge in [-0.15, -0.1) is 0 Å². The van der Waals surface area contributed by atoms with Crippen LogP contribution in [0.2, 0.25) is 0 Å². The van der Waals surface area contributed by atoms with Crippen LogP contribution in [-0.4, -0.2) is 19.1 Å². The number of carbonyl (C=O) groups excluding carboxylic acids is 1. The van der Waals surface area contributed by atoms with Gasteiger partial charge in [0.05, 0.1) is 12.2 Å². The molecule has 1 aliphatic carbocycles. The number of amides is 1. The van der Waals surface area contributed by atoms with Gasteiger partial charge >= 0.3 is 0 Å². The zero-order valence-electron chi connectivity index (χ0n) is 12.2. The van der Waals surface area contributed by atoms with E-state index in [9.17, 15) is 4.79 Å². The second-order valence-corrected chi connectivity index (χ2v) is 6.07. The topological polar surface area (TPSA) is 29.5 Å². The molecule has 0 atom stereocenters. The van der Waals surface area contributed by atoms with Crippen LogP contribution in [0.25, 0.3) is 0 Å². The number of carbonyl (C=O) groups is 1. The predicted octanol–water partition coefficient (Wildman–Crippen LogP) is 3.69. The number of aryl methyl sites for hydroxylation is 1. The summed E-state index contributed by atoms with van der Waals surface area (Å²) in [6.45, 7) is 3.34. The zero-order valence-corrected chi connectivity index (χ0v) is 12.2. The Morgan fingerprint density at radius 3 is 2.90 bits per heavy atom. The highest BCUT2D eigenvalue weighted by atomic mass is 16.5. The minimum Gasteiger partial charge on any atom is -0.490 e. The molecule has 1 heterocycles. The first-order valence-corrected chi connectivity index (χ1v) is 7.78. The molecular formula is C17H23NO2. The van der Waals surface area contributed by atoms with E-state index in [-0.39, 0.29) is 5.91 Å². The Morgan fingerprint density at radius 2 is 2.10 bits per heavy atom. The molecule has 1 aromatic carbocycles. The van der Waals surface area contributed by atoms with E-state index in [1.54, 1.807) is 0 Å². The first-order chi connectivity index (χ1) is 9.74. The predicted molar refractivity (Wildman–Crippen MR) is 80.2 cm³/mol. The molecule has 1 fully saturated rings. The standard InChI is InChI=1S/C17H23NO2/c1-13-7-8-16-15(11-13)18(9-10-20-16)17(19)12-14-5-3-2-4-6-14/h7-8,11,14H,2-6,9-10,12H2,1H3. The molecule has 3 nitrogen and oxygen atoms in total. The highest BCUT2D eigenvalue weighted by molar-refractivity contribution is 5.95. The maximum Gasteiger partial charge on any atom is 0.227 e. The maximum absolute atomic E-state index is 12.6. The number of benzene rings is 1. The quantitative estimate of drug-likeness (QED) is 0.822. The Labute approximate surface area is 120 Å². The van der Waals surface area contributed by atoms with E-state index >= 15 is 0 Å². The maximum atomic E-state index is 12.6. The fraction of sp³-hybridized carbons (Fsp3) is 0.588. The zero-order chi connectivity index (χ0) is 13.9. The van der Waals surface area contributed by atoms with Crippen molar-refractivity contribution in [2.45, 2.75) is 45.4 Å². The first-order valence-electron chi connectivity index (χ1n) is 7.78. The van der Waals surface area contributed by atoms with Gasteiger partial charge in [0.2, 0.25) is 5.91 Å². The third kappa shape index (κ3) is 2.82. The Hall–Kier alpha value is -1.51. The summed E-state index contributed by atoms with van der Waals surface area (Å²) in [5.74, 6) is 1.71. The molecule has 0 radical (unpaired) electrons. The van der Waals surface area contributed by atoms with E-state index in [1.165, 1.54) is 37.7 Å². The van der Waals surface area contributed by atoms with Crippen molar-refractivity contribution in [1.82, 2.24) is 0 Å². The minimum atomic E-state index is 0.270. The van der Waals surface area contributed by atoms with E-state index in [0.717, 1.165) is 11.4 Å². The molecule has 0 spiro atoms. The molecule has 0 bridgehead atoms. The lowest BCUT2D eigenvalue weighted by molar-refractivity contribution is -0.120. The second-order valence-electron chi connectivity index (χ2n) is 6.07. The molecule has 0 saturated heterocycles. The van der Waals surface area contributed by atoms with Crippen LogP contribution in [0.15, 0.2) is 18.2 Å². The van der Waals surface area contributed by atoms with Crippen LogP contribution in [0.1, 0.15) is 44.1 Å². The van der Waals surface area contributed by atoms with Gasteiger partial charge < -0.3 is 9.64 Å². The van der Waals surface area contributed by atoms with E-state index in [1.807, 2.05) is 17.0 Å². The number of hydrogen-bond acceptors (Lipinski definition) is 2. The Bertz CT molecular complexity index is 492. The van der Waals surface area contributed by atoms with Crippen LogP contribution in [0.5, 0.6) is 5.75 Å². The fourth-order valence-corrected chi connectivity index (χ4v) is 3.34. The smallest absolute Gasteiger partial charge is 0.227 e. The molecule has 1 saturated carbocycles. The fourth-order valence-electron chi connectivity index (χ4n) is 3.34. The van der Waals surface area contributed by atoms with Crippen molar-refractivity contribution in [3.05, 3.63) is 23.8 Å². The molecule has 20 heavy (non-hydrogen) atoms. The van der Waals surface area contributed by atoms with Gasteiger partial charge in [-0.3, -0.25) is 4.79 Å². The van der Waals surface area contributed by atoms with Gasteiger partial charge in [-0.2, -0.15) is 0 Å². The number of nitrogens with zero attached hydrogens (tertiary/aromatic N) is 1. The number of anilines is 1. The molecule has 0 N–H and O–H groups in total. The van der Waals surface area contributed by atoms with Crippen LogP contribution in [-0.2, 0) is 4.79 Å². The summed E-state index contributed by atoms with van der Waals surface area (Å²) in [5, 5.41) is 0. The van der Waals surface area contributed by atoms with Crippen molar-refractivity contribution in [1.29, 1.82) is 0 Å². The number of fused-ring (bicyclic) bond motifs is 1. The van der Waals surface area contributed by atoms with Crippen molar-refractivity contribution in [2.24, 2.45) is 5.92 Å². The van der Waals surface area contributed by atoms with Crippen molar-refractivity contribution < 1.29 is 9.53 Å². The average molecular weight is 273 g/mol. The van der Waals surface area contributed by atoms with Crippen LogP contribution in [0.3, 0.4) is 0 Å².